The number of aryl methyl sites for hydroxylation is 2. The van der Waals surface area contributed by atoms with Crippen LogP contribution in [0.15, 0.2) is 34.4 Å². The molecule has 2 rings (SSSR count). The van der Waals surface area contributed by atoms with Crippen LogP contribution in [0.2, 0.25) is 0 Å². The molecular formula is C16H21N3OS. The summed E-state index contributed by atoms with van der Waals surface area (Å²) in [6.07, 6.45) is 2.61. The topological polar surface area (TPSA) is 47.0 Å². The van der Waals surface area contributed by atoms with Crippen molar-refractivity contribution in [2.45, 2.75) is 37.1 Å². The number of ether oxygens (including phenoxy) is 1. The minimum atomic E-state index is 0.705. The van der Waals surface area contributed by atoms with Crippen LogP contribution < -0.4 is 10.1 Å². The quantitative estimate of drug-likeness (QED) is 0.815. The van der Waals surface area contributed by atoms with Gasteiger partial charge in [0.15, 0.2) is 11.6 Å². The summed E-state index contributed by atoms with van der Waals surface area (Å²) in [5, 5.41) is 4.11. The van der Waals surface area contributed by atoms with E-state index in [0.29, 0.717) is 5.75 Å². The summed E-state index contributed by atoms with van der Waals surface area (Å²) in [6.45, 7) is 7.19. The molecule has 1 heterocycles. The summed E-state index contributed by atoms with van der Waals surface area (Å²) in [5.41, 5.74) is 2.50. The van der Waals surface area contributed by atoms with Crippen molar-refractivity contribution in [1.29, 1.82) is 0 Å². The lowest BCUT2D eigenvalue weighted by molar-refractivity contribution is 0.400. The molecule has 0 bridgehead atoms. The van der Waals surface area contributed by atoms with Crippen molar-refractivity contribution in [2.75, 3.05) is 19.0 Å². The largest absolute Gasteiger partial charge is 0.490 e. The number of hydrogen-bond acceptors (Lipinski definition) is 5. The van der Waals surface area contributed by atoms with Gasteiger partial charge in [-0.1, -0.05) is 36.4 Å². The molecule has 21 heavy (non-hydrogen) atoms. The molecule has 0 fully saturated rings. The lowest BCUT2D eigenvalue weighted by Crippen LogP contribution is -2.05. The van der Waals surface area contributed by atoms with Crippen molar-refractivity contribution in [3.8, 4) is 5.75 Å². The molecule has 0 saturated heterocycles. The first kappa shape index (κ1) is 15.6. The maximum atomic E-state index is 5.50. The third-order valence-electron chi connectivity index (χ3n) is 3.05. The summed E-state index contributed by atoms with van der Waals surface area (Å²) in [5.74, 6) is 1.46. The second-order valence-electron chi connectivity index (χ2n) is 4.86. The smallest absolute Gasteiger partial charge is 0.194 e. The maximum Gasteiger partial charge on any atom is 0.194 e. The number of methoxy groups -OCH3 is 1. The lowest BCUT2D eigenvalue weighted by atomic mass is 10.2. The average Bonchev–Trinajstić information content (AvgIpc) is 2.48. The van der Waals surface area contributed by atoms with Crippen LogP contribution in [-0.2, 0) is 0 Å². The molecule has 0 aliphatic heterocycles. The Bertz CT molecular complexity index is 616. The Hall–Kier alpha value is -1.75. The van der Waals surface area contributed by atoms with Gasteiger partial charge in [-0.15, -0.1) is 0 Å². The van der Waals surface area contributed by atoms with Crippen LogP contribution in [0.1, 0.15) is 24.5 Å². The second-order valence-corrected chi connectivity index (χ2v) is 5.89. The zero-order valence-corrected chi connectivity index (χ0v) is 13.8. The molecule has 1 aromatic heterocycles. The van der Waals surface area contributed by atoms with E-state index in [1.165, 1.54) is 16.0 Å². The Balaban J connectivity index is 2.30. The number of hydrogen-bond donors (Lipinski definition) is 1. The highest BCUT2D eigenvalue weighted by molar-refractivity contribution is 7.99. The van der Waals surface area contributed by atoms with E-state index in [1.807, 2.05) is 0 Å². The molecule has 0 radical (unpaired) electrons. The van der Waals surface area contributed by atoms with Crippen LogP contribution in [0.25, 0.3) is 0 Å². The van der Waals surface area contributed by atoms with E-state index in [-0.39, 0.29) is 0 Å². The van der Waals surface area contributed by atoms with Crippen molar-refractivity contribution in [2.24, 2.45) is 0 Å². The van der Waals surface area contributed by atoms with Crippen LogP contribution in [0, 0.1) is 13.8 Å². The predicted molar refractivity (Wildman–Crippen MR) is 87.4 cm³/mol. The summed E-state index contributed by atoms with van der Waals surface area (Å²) in [6, 6.07) is 6.40. The van der Waals surface area contributed by atoms with Gasteiger partial charge in [-0.25, -0.2) is 9.97 Å². The first-order valence-electron chi connectivity index (χ1n) is 7.03. The van der Waals surface area contributed by atoms with E-state index in [2.05, 4.69) is 54.3 Å². The molecule has 4 nitrogen and oxygen atoms in total. The Morgan fingerprint density at radius 1 is 1.24 bits per heavy atom. The van der Waals surface area contributed by atoms with E-state index in [4.69, 9.17) is 4.74 Å². The van der Waals surface area contributed by atoms with Crippen molar-refractivity contribution < 1.29 is 4.74 Å². The highest BCUT2D eigenvalue weighted by Gasteiger charge is 2.14. The summed E-state index contributed by atoms with van der Waals surface area (Å²) in [4.78, 5) is 9.81. The Morgan fingerprint density at radius 2 is 2.05 bits per heavy atom. The fourth-order valence-electron chi connectivity index (χ4n) is 2.00. The molecule has 0 aliphatic carbocycles. The highest BCUT2D eigenvalue weighted by Crippen LogP contribution is 2.38. The number of rotatable bonds is 6. The van der Waals surface area contributed by atoms with E-state index in [1.54, 1.807) is 25.2 Å². The Kier molecular flexibility index (Phi) is 5.44. The number of anilines is 1. The minimum Gasteiger partial charge on any atom is -0.490 e. The van der Waals surface area contributed by atoms with Gasteiger partial charge in [0.1, 0.15) is 11.4 Å². The van der Waals surface area contributed by atoms with Crippen molar-refractivity contribution in [3.63, 3.8) is 0 Å². The van der Waals surface area contributed by atoms with Gasteiger partial charge in [0.25, 0.3) is 0 Å². The predicted octanol–water partition coefficient (Wildman–Crippen LogP) is 4.08. The molecule has 0 atom stereocenters. The van der Waals surface area contributed by atoms with Crippen LogP contribution in [0.5, 0.6) is 5.75 Å². The van der Waals surface area contributed by atoms with Crippen LogP contribution in [0.4, 0.5) is 5.82 Å². The standard InChI is InChI=1S/C16H21N3OS/c1-5-8-17-15-14(20-4)16(19-10-18-15)21-13-7-6-11(2)9-12(13)3/h6-7,9-10H,5,8H2,1-4H3,(H,17,18,19). The maximum absolute atomic E-state index is 5.50. The molecule has 2 aromatic rings. The molecular weight excluding hydrogens is 282 g/mol. The third-order valence-corrected chi connectivity index (χ3v) is 4.22. The molecule has 0 unspecified atom stereocenters. The number of benzene rings is 1. The van der Waals surface area contributed by atoms with E-state index < -0.39 is 0 Å². The van der Waals surface area contributed by atoms with E-state index >= 15 is 0 Å². The van der Waals surface area contributed by atoms with Crippen molar-refractivity contribution >= 4 is 17.6 Å². The van der Waals surface area contributed by atoms with Crippen LogP contribution in [0.3, 0.4) is 0 Å². The molecule has 0 spiro atoms. The Labute approximate surface area is 130 Å². The van der Waals surface area contributed by atoms with Gasteiger partial charge < -0.3 is 10.1 Å². The third kappa shape index (κ3) is 3.88. The van der Waals surface area contributed by atoms with Crippen LogP contribution in [-0.4, -0.2) is 23.6 Å². The molecule has 1 aromatic carbocycles. The summed E-state index contributed by atoms with van der Waals surface area (Å²) in [7, 11) is 1.65. The van der Waals surface area contributed by atoms with Gasteiger partial charge in [-0.2, -0.15) is 0 Å². The first-order valence-corrected chi connectivity index (χ1v) is 7.85. The van der Waals surface area contributed by atoms with Gasteiger partial charge in [-0.05, 0) is 31.9 Å². The molecule has 112 valence electrons. The van der Waals surface area contributed by atoms with E-state index in [0.717, 1.165) is 23.8 Å². The molecule has 1 N–H and O–H groups in total. The molecule has 0 saturated carbocycles. The van der Waals surface area contributed by atoms with Gasteiger partial charge in [0, 0.05) is 11.4 Å². The zero-order valence-electron chi connectivity index (χ0n) is 12.9. The number of nitrogens with zero attached hydrogens (tertiary/aromatic N) is 2. The molecule has 5 heteroatoms. The van der Waals surface area contributed by atoms with Gasteiger partial charge in [0.2, 0.25) is 0 Å². The summed E-state index contributed by atoms with van der Waals surface area (Å²) >= 11 is 1.61. The van der Waals surface area contributed by atoms with Crippen molar-refractivity contribution in [3.05, 3.63) is 35.7 Å². The first-order chi connectivity index (χ1) is 10.2. The van der Waals surface area contributed by atoms with Gasteiger partial charge in [0.05, 0.1) is 7.11 Å². The molecule has 0 aliphatic rings. The number of nitrogens with one attached hydrogen (secondary N) is 1. The van der Waals surface area contributed by atoms with Gasteiger partial charge in [-0.3, -0.25) is 0 Å². The monoisotopic (exact) mass is 303 g/mol. The normalized spacial score (nSPS) is 10.5. The fraction of sp³-hybridized carbons (Fsp3) is 0.375. The lowest BCUT2D eigenvalue weighted by Gasteiger charge is -2.13. The van der Waals surface area contributed by atoms with Crippen molar-refractivity contribution in [1.82, 2.24) is 9.97 Å². The average molecular weight is 303 g/mol. The van der Waals surface area contributed by atoms with Gasteiger partial charge >= 0.3 is 0 Å². The second kappa shape index (κ2) is 7.31. The SMILES string of the molecule is CCCNc1ncnc(Sc2ccc(C)cc2C)c1OC. The number of aromatic nitrogens is 2. The van der Waals surface area contributed by atoms with E-state index in [9.17, 15) is 0 Å². The highest BCUT2D eigenvalue weighted by atomic mass is 32.2. The summed E-state index contributed by atoms with van der Waals surface area (Å²) < 4.78 is 5.50. The minimum absolute atomic E-state index is 0.705. The fourth-order valence-corrected chi connectivity index (χ4v) is 2.94. The Morgan fingerprint density at radius 3 is 2.71 bits per heavy atom. The van der Waals surface area contributed by atoms with Crippen LogP contribution >= 0.6 is 11.8 Å². The molecule has 0 amide bonds. The zero-order chi connectivity index (χ0) is 15.2.